The summed E-state index contributed by atoms with van der Waals surface area (Å²) in [5, 5.41) is 0. The Hall–Kier alpha value is -0.0200. The number of aryl methyl sites for hydroxylation is 1. The Labute approximate surface area is 96.1 Å². The van der Waals surface area contributed by atoms with E-state index in [9.17, 15) is 0 Å². The van der Waals surface area contributed by atoms with Gasteiger partial charge in [-0.3, -0.25) is 0 Å². The molecule has 0 fully saturated rings. The molecule has 0 bridgehead atoms. The lowest BCUT2D eigenvalue weighted by Crippen LogP contribution is -1.98. The van der Waals surface area contributed by atoms with Crippen molar-refractivity contribution in [1.29, 1.82) is 0 Å². The van der Waals surface area contributed by atoms with Crippen molar-refractivity contribution >= 4 is 37.9 Å². The molecular weight excluding hydrogens is 294 g/mol. The Morgan fingerprint density at radius 2 is 2.08 bits per heavy atom. The van der Waals surface area contributed by atoms with Gasteiger partial charge in [-0.15, -0.1) is 0 Å². The summed E-state index contributed by atoms with van der Waals surface area (Å²) in [7, 11) is 0. The molecule has 0 aromatic carbocycles. The normalized spacial score (nSPS) is 10.2. The molecule has 1 heterocycles. The van der Waals surface area contributed by atoms with E-state index in [0.717, 1.165) is 9.94 Å². The van der Waals surface area contributed by atoms with Gasteiger partial charge in [-0.1, -0.05) is 0 Å². The van der Waals surface area contributed by atoms with Crippen molar-refractivity contribution < 1.29 is 0 Å². The second-order valence-corrected chi connectivity index (χ2v) is 5.78. The van der Waals surface area contributed by atoms with Gasteiger partial charge in [0.25, 0.3) is 0 Å². The lowest BCUT2D eigenvalue weighted by atomic mass is 10.2. The van der Waals surface area contributed by atoms with Crippen molar-refractivity contribution in [2.45, 2.75) is 27.3 Å². The lowest BCUT2D eigenvalue weighted by Gasteiger charge is -2.04. The largest absolute Gasteiger partial charge is 0.349 e. The van der Waals surface area contributed by atoms with Crippen LogP contribution in [0, 0.1) is 13.8 Å². The first-order valence-electron chi connectivity index (χ1n) is 4.25. The zero-order chi connectivity index (χ0) is 10.0. The van der Waals surface area contributed by atoms with Crippen molar-refractivity contribution in [2.75, 3.05) is 0 Å². The molecule has 0 saturated heterocycles. The van der Waals surface area contributed by atoms with E-state index < -0.39 is 0 Å². The van der Waals surface area contributed by atoms with E-state index in [1.54, 1.807) is 0 Å². The van der Waals surface area contributed by atoms with Crippen molar-refractivity contribution in [3.05, 3.63) is 26.4 Å². The number of aromatic nitrogens is 1. The van der Waals surface area contributed by atoms with Crippen LogP contribution in [0.5, 0.6) is 0 Å². The maximum atomic E-state index is 3.37. The second kappa shape index (κ2) is 4.47. The minimum Gasteiger partial charge on any atom is -0.349 e. The van der Waals surface area contributed by atoms with Gasteiger partial charge in [-0.2, -0.15) is 0 Å². The van der Waals surface area contributed by atoms with E-state index in [-0.39, 0.29) is 0 Å². The van der Waals surface area contributed by atoms with E-state index in [4.69, 9.17) is 0 Å². The molecule has 1 aromatic heterocycles. The first-order valence-corrected chi connectivity index (χ1v) is 5.84. The van der Waals surface area contributed by atoms with Crippen molar-refractivity contribution in [3.8, 4) is 0 Å². The van der Waals surface area contributed by atoms with Gasteiger partial charge < -0.3 is 4.57 Å². The zero-order valence-electron chi connectivity index (χ0n) is 8.06. The Kier molecular flexibility index (Phi) is 3.80. The van der Waals surface area contributed by atoms with Gasteiger partial charge in [-0.05, 0) is 70.3 Å². The van der Waals surface area contributed by atoms with Crippen LogP contribution in [0.3, 0.4) is 0 Å². The molecule has 0 aliphatic heterocycles. The van der Waals surface area contributed by atoms with E-state index >= 15 is 0 Å². The van der Waals surface area contributed by atoms with E-state index in [0.29, 0.717) is 0 Å². The molecule has 0 amide bonds. The van der Waals surface area contributed by atoms with E-state index in [1.807, 2.05) is 0 Å². The molecule has 0 saturated carbocycles. The second-order valence-electron chi connectivity index (χ2n) is 3.00. The zero-order valence-corrected chi connectivity index (χ0v) is 11.2. The van der Waals surface area contributed by atoms with Crippen LogP contribution < -0.4 is 0 Å². The highest BCUT2D eigenvalue weighted by atomic mass is 79.9. The lowest BCUT2D eigenvalue weighted by molar-refractivity contribution is 0.718. The topological polar surface area (TPSA) is 4.93 Å². The Bertz CT molecular complexity index is 333. The molecular formula is C10H13Br2N. The van der Waals surface area contributed by atoms with Crippen molar-refractivity contribution in [1.82, 2.24) is 4.57 Å². The third-order valence-corrected chi connectivity index (χ3v) is 2.65. The Morgan fingerprint density at radius 1 is 1.46 bits per heavy atom. The number of nitrogens with zero attached hydrogens (tertiary/aromatic N) is 1. The number of rotatable bonds is 2. The maximum Gasteiger partial charge on any atom is 0.0610 e. The summed E-state index contributed by atoms with van der Waals surface area (Å²) >= 11 is 6.74. The molecule has 0 radical (unpaired) electrons. The predicted octanol–water partition coefficient (Wildman–Crippen LogP) is 4.21. The Morgan fingerprint density at radius 3 is 2.46 bits per heavy atom. The van der Waals surface area contributed by atoms with Gasteiger partial charge in [0.2, 0.25) is 0 Å². The van der Waals surface area contributed by atoms with E-state index in [1.165, 1.54) is 17.0 Å². The highest BCUT2D eigenvalue weighted by molar-refractivity contribution is 9.28. The standard InChI is InChI=1S/C10H13Br2N/c1-4-13-7(2)5-9(8(13)3)6-10(11)12/h5-6H,4H2,1-3H3. The van der Waals surface area contributed by atoms with Crippen molar-refractivity contribution in [2.24, 2.45) is 0 Å². The fourth-order valence-electron chi connectivity index (χ4n) is 1.58. The van der Waals surface area contributed by atoms with Crippen LogP contribution in [0.2, 0.25) is 0 Å². The third kappa shape index (κ3) is 2.47. The average Bonchev–Trinajstić information content (AvgIpc) is 2.26. The molecule has 0 unspecified atom stereocenters. The van der Waals surface area contributed by atoms with Crippen LogP contribution in [0.4, 0.5) is 0 Å². The monoisotopic (exact) mass is 305 g/mol. The van der Waals surface area contributed by atoms with Crippen LogP contribution in [0.15, 0.2) is 9.46 Å². The highest BCUT2D eigenvalue weighted by Gasteiger charge is 2.05. The summed E-state index contributed by atoms with van der Waals surface area (Å²) in [5.41, 5.74) is 3.90. The fraction of sp³-hybridized carbons (Fsp3) is 0.400. The van der Waals surface area contributed by atoms with Crippen LogP contribution in [-0.2, 0) is 6.54 Å². The van der Waals surface area contributed by atoms with Crippen LogP contribution in [0.25, 0.3) is 6.08 Å². The fourth-order valence-corrected chi connectivity index (χ4v) is 2.07. The minimum absolute atomic E-state index is 0.983. The molecule has 0 aliphatic rings. The first kappa shape index (κ1) is 11.1. The van der Waals surface area contributed by atoms with Crippen LogP contribution >= 0.6 is 31.9 Å². The number of hydrogen-bond acceptors (Lipinski definition) is 0. The van der Waals surface area contributed by atoms with Crippen LogP contribution in [-0.4, -0.2) is 4.57 Å². The van der Waals surface area contributed by atoms with Gasteiger partial charge in [0, 0.05) is 17.9 Å². The molecule has 1 aromatic rings. The molecule has 3 heteroatoms. The third-order valence-electron chi connectivity index (χ3n) is 2.19. The Balaban J connectivity index is 3.18. The number of halogens is 2. The molecule has 0 spiro atoms. The van der Waals surface area contributed by atoms with Gasteiger partial charge in [0.15, 0.2) is 0 Å². The molecule has 13 heavy (non-hydrogen) atoms. The molecule has 72 valence electrons. The molecule has 1 nitrogen and oxygen atoms in total. The minimum atomic E-state index is 0.983. The molecule has 0 N–H and O–H groups in total. The average molecular weight is 307 g/mol. The van der Waals surface area contributed by atoms with Gasteiger partial charge >= 0.3 is 0 Å². The summed E-state index contributed by atoms with van der Waals surface area (Å²) in [6, 6.07) is 2.20. The molecule has 0 atom stereocenters. The molecule has 0 aliphatic carbocycles. The SMILES string of the molecule is CCn1c(C)cc(C=C(Br)Br)c1C. The summed E-state index contributed by atoms with van der Waals surface area (Å²) in [6.45, 7) is 7.48. The predicted molar refractivity (Wildman–Crippen MR) is 65.4 cm³/mol. The summed E-state index contributed by atoms with van der Waals surface area (Å²) in [6.07, 6.45) is 2.08. The van der Waals surface area contributed by atoms with E-state index in [2.05, 4.69) is 69.3 Å². The summed E-state index contributed by atoms with van der Waals surface area (Å²) < 4.78 is 3.28. The number of hydrogen-bond donors (Lipinski definition) is 0. The molecule has 1 rings (SSSR count). The maximum absolute atomic E-state index is 3.37. The summed E-state index contributed by atoms with van der Waals surface area (Å²) in [5.74, 6) is 0. The first-order chi connectivity index (χ1) is 6.06. The van der Waals surface area contributed by atoms with Gasteiger partial charge in [0.05, 0.1) is 3.39 Å². The quantitative estimate of drug-likeness (QED) is 0.771. The smallest absolute Gasteiger partial charge is 0.0610 e. The summed E-state index contributed by atoms with van der Waals surface area (Å²) in [4.78, 5) is 0. The van der Waals surface area contributed by atoms with Crippen LogP contribution in [0.1, 0.15) is 23.9 Å². The van der Waals surface area contributed by atoms with Gasteiger partial charge in [-0.25, -0.2) is 0 Å². The van der Waals surface area contributed by atoms with Crippen molar-refractivity contribution in [3.63, 3.8) is 0 Å². The highest BCUT2D eigenvalue weighted by Crippen LogP contribution is 2.22. The van der Waals surface area contributed by atoms with Gasteiger partial charge in [0.1, 0.15) is 0 Å².